The fraction of sp³-hybridized carbons (Fsp3) is 0.647. The Morgan fingerprint density at radius 2 is 2.19 bits per heavy atom. The summed E-state index contributed by atoms with van der Waals surface area (Å²) in [6.07, 6.45) is 5.50. The normalized spacial score (nSPS) is 38.3. The zero-order valence-electron chi connectivity index (χ0n) is 12.8. The summed E-state index contributed by atoms with van der Waals surface area (Å²) >= 11 is 1.80. The van der Waals surface area contributed by atoms with Crippen molar-refractivity contribution < 1.29 is 14.3 Å². The molecular formula is C17H22O3S. The molecule has 0 aromatic carbocycles. The predicted octanol–water partition coefficient (Wildman–Crippen LogP) is 3.15. The van der Waals surface area contributed by atoms with Crippen LogP contribution in [-0.2, 0) is 14.3 Å². The van der Waals surface area contributed by atoms with Crippen molar-refractivity contribution in [3.05, 3.63) is 23.3 Å². The number of allylic oxidation sites excluding steroid dienone is 3. The lowest BCUT2D eigenvalue weighted by atomic mass is 9.62. The number of ketones is 1. The molecule has 114 valence electrons. The molecule has 1 saturated heterocycles. The monoisotopic (exact) mass is 306 g/mol. The summed E-state index contributed by atoms with van der Waals surface area (Å²) in [6.45, 7) is 6.15. The molecule has 1 heterocycles. The van der Waals surface area contributed by atoms with Gasteiger partial charge in [0.15, 0.2) is 5.78 Å². The van der Waals surface area contributed by atoms with Crippen molar-refractivity contribution >= 4 is 23.5 Å². The summed E-state index contributed by atoms with van der Waals surface area (Å²) in [5.74, 6) is 2.08. The van der Waals surface area contributed by atoms with Crippen molar-refractivity contribution in [3.63, 3.8) is 0 Å². The summed E-state index contributed by atoms with van der Waals surface area (Å²) in [7, 11) is 0. The summed E-state index contributed by atoms with van der Waals surface area (Å²) in [5, 5.41) is 0. The first kappa shape index (κ1) is 14.9. The van der Waals surface area contributed by atoms with E-state index in [2.05, 4.69) is 13.8 Å². The molecule has 3 rings (SSSR count). The topological polar surface area (TPSA) is 43.4 Å². The summed E-state index contributed by atoms with van der Waals surface area (Å²) < 4.78 is 5.73. The number of carbonyl (C=O) groups excluding carboxylic acids is 2. The lowest BCUT2D eigenvalue weighted by molar-refractivity contribution is -0.143. The van der Waals surface area contributed by atoms with Crippen molar-refractivity contribution in [1.29, 1.82) is 0 Å². The van der Waals surface area contributed by atoms with Gasteiger partial charge in [-0.05, 0) is 37.2 Å². The number of fused-ring (bicyclic) bond motifs is 3. The second-order valence-electron chi connectivity index (χ2n) is 6.48. The Hall–Kier alpha value is -1.03. The van der Waals surface area contributed by atoms with Crippen LogP contribution in [0.5, 0.6) is 0 Å². The number of ether oxygens (including phenoxy) is 1. The van der Waals surface area contributed by atoms with E-state index in [4.69, 9.17) is 4.74 Å². The Kier molecular flexibility index (Phi) is 3.76. The van der Waals surface area contributed by atoms with Gasteiger partial charge in [0, 0.05) is 22.7 Å². The Balaban J connectivity index is 1.95. The first-order chi connectivity index (χ1) is 9.98. The van der Waals surface area contributed by atoms with Crippen LogP contribution < -0.4 is 0 Å². The summed E-state index contributed by atoms with van der Waals surface area (Å²) in [4.78, 5) is 24.3. The third-order valence-corrected chi connectivity index (χ3v) is 6.23. The van der Waals surface area contributed by atoms with E-state index < -0.39 is 0 Å². The minimum atomic E-state index is -0.187. The van der Waals surface area contributed by atoms with Gasteiger partial charge >= 0.3 is 5.97 Å². The van der Waals surface area contributed by atoms with Crippen LogP contribution in [0.2, 0.25) is 0 Å². The maximum absolute atomic E-state index is 12.3. The first-order valence-electron chi connectivity index (χ1n) is 7.71. The molecule has 0 aromatic rings. The zero-order valence-corrected chi connectivity index (χ0v) is 13.7. The summed E-state index contributed by atoms with van der Waals surface area (Å²) in [5.41, 5.74) is 1.72. The molecule has 0 unspecified atom stereocenters. The van der Waals surface area contributed by atoms with Crippen LogP contribution in [0.4, 0.5) is 0 Å². The second kappa shape index (κ2) is 5.31. The number of hydrogen-bond acceptors (Lipinski definition) is 4. The SMILES string of the molecule is CCSC[C@@H]1C(=O)O[C@@H]2C3=C(C)C(=O)C=C[C@]3(C)CC[C@@H]12. The van der Waals surface area contributed by atoms with E-state index >= 15 is 0 Å². The number of hydrogen-bond donors (Lipinski definition) is 0. The summed E-state index contributed by atoms with van der Waals surface area (Å²) in [6, 6.07) is 0. The Bertz CT molecular complexity index is 548. The maximum atomic E-state index is 12.3. The molecule has 1 aliphatic heterocycles. The molecule has 2 aliphatic carbocycles. The van der Waals surface area contributed by atoms with Crippen molar-refractivity contribution in [2.75, 3.05) is 11.5 Å². The van der Waals surface area contributed by atoms with Gasteiger partial charge in [0.1, 0.15) is 6.10 Å². The van der Waals surface area contributed by atoms with Crippen molar-refractivity contribution in [1.82, 2.24) is 0 Å². The molecule has 1 saturated carbocycles. The molecule has 0 aromatic heterocycles. The molecule has 0 bridgehead atoms. The molecule has 0 radical (unpaired) electrons. The van der Waals surface area contributed by atoms with Gasteiger partial charge < -0.3 is 4.74 Å². The molecule has 4 heteroatoms. The van der Waals surface area contributed by atoms with E-state index in [-0.39, 0.29) is 35.1 Å². The van der Waals surface area contributed by atoms with Crippen LogP contribution in [-0.4, -0.2) is 29.4 Å². The van der Waals surface area contributed by atoms with Crippen LogP contribution in [0.3, 0.4) is 0 Å². The van der Waals surface area contributed by atoms with Gasteiger partial charge in [0.25, 0.3) is 0 Å². The van der Waals surface area contributed by atoms with Gasteiger partial charge in [0.2, 0.25) is 0 Å². The molecule has 0 N–H and O–H groups in total. The fourth-order valence-electron chi connectivity index (χ4n) is 4.01. The Labute approximate surface area is 130 Å². The second-order valence-corrected chi connectivity index (χ2v) is 7.80. The van der Waals surface area contributed by atoms with Gasteiger partial charge in [0.05, 0.1) is 5.92 Å². The molecule has 3 nitrogen and oxygen atoms in total. The average Bonchev–Trinajstić information content (AvgIpc) is 2.76. The van der Waals surface area contributed by atoms with Gasteiger partial charge in [-0.1, -0.05) is 19.9 Å². The van der Waals surface area contributed by atoms with Crippen LogP contribution in [0.15, 0.2) is 23.3 Å². The van der Waals surface area contributed by atoms with Gasteiger partial charge in [-0.15, -0.1) is 0 Å². The lowest BCUT2D eigenvalue weighted by Crippen LogP contribution is -2.40. The van der Waals surface area contributed by atoms with Crippen molar-refractivity contribution in [3.8, 4) is 0 Å². The van der Waals surface area contributed by atoms with Gasteiger partial charge in [-0.25, -0.2) is 0 Å². The zero-order chi connectivity index (χ0) is 15.2. The van der Waals surface area contributed by atoms with Crippen LogP contribution >= 0.6 is 11.8 Å². The van der Waals surface area contributed by atoms with Crippen molar-refractivity contribution in [2.45, 2.75) is 39.7 Å². The molecular weight excluding hydrogens is 284 g/mol. The molecule has 3 aliphatic rings. The molecule has 0 amide bonds. The van der Waals surface area contributed by atoms with E-state index in [0.29, 0.717) is 0 Å². The highest BCUT2D eigenvalue weighted by molar-refractivity contribution is 7.99. The largest absolute Gasteiger partial charge is 0.457 e. The van der Waals surface area contributed by atoms with E-state index in [0.717, 1.165) is 35.5 Å². The highest BCUT2D eigenvalue weighted by atomic mass is 32.2. The number of carbonyl (C=O) groups is 2. The maximum Gasteiger partial charge on any atom is 0.310 e. The molecule has 21 heavy (non-hydrogen) atoms. The van der Waals surface area contributed by atoms with Gasteiger partial charge in [-0.2, -0.15) is 11.8 Å². The van der Waals surface area contributed by atoms with E-state index in [1.165, 1.54) is 0 Å². The number of thioether (sulfide) groups is 1. The van der Waals surface area contributed by atoms with Crippen LogP contribution in [0.1, 0.15) is 33.6 Å². The van der Waals surface area contributed by atoms with Gasteiger partial charge in [-0.3, -0.25) is 9.59 Å². The highest BCUT2D eigenvalue weighted by Crippen LogP contribution is 2.53. The third kappa shape index (κ3) is 2.28. The predicted molar refractivity (Wildman–Crippen MR) is 84.0 cm³/mol. The lowest BCUT2D eigenvalue weighted by Gasteiger charge is -2.43. The minimum Gasteiger partial charge on any atom is -0.457 e. The molecule has 4 atom stereocenters. The molecule has 2 fully saturated rings. The number of esters is 1. The Morgan fingerprint density at radius 1 is 1.43 bits per heavy atom. The smallest absolute Gasteiger partial charge is 0.310 e. The standard InChI is InChI=1S/C17H22O3S/c1-4-21-9-12-11-5-7-17(3)8-6-13(18)10(2)14(17)15(11)20-16(12)19/h6,8,11-12,15H,4-5,7,9H2,1-3H3/t11-,12-,15-,17-/m0/s1. The minimum absolute atomic E-state index is 0.00851. The van der Waals surface area contributed by atoms with Crippen LogP contribution in [0.25, 0.3) is 0 Å². The van der Waals surface area contributed by atoms with Crippen LogP contribution in [0, 0.1) is 17.3 Å². The molecule has 0 spiro atoms. The quantitative estimate of drug-likeness (QED) is 0.751. The van der Waals surface area contributed by atoms with E-state index in [9.17, 15) is 9.59 Å². The number of rotatable bonds is 3. The van der Waals surface area contributed by atoms with E-state index in [1.54, 1.807) is 17.8 Å². The Morgan fingerprint density at radius 3 is 2.90 bits per heavy atom. The van der Waals surface area contributed by atoms with E-state index in [1.807, 2.05) is 13.0 Å². The first-order valence-corrected chi connectivity index (χ1v) is 8.86. The average molecular weight is 306 g/mol. The third-order valence-electron chi connectivity index (χ3n) is 5.23. The highest BCUT2D eigenvalue weighted by Gasteiger charge is 2.53. The van der Waals surface area contributed by atoms with Crippen molar-refractivity contribution in [2.24, 2.45) is 17.3 Å². The fourth-order valence-corrected chi connectivity index (χ4v) is 4.88.